The van der Waals surface area contributed by atoms with Crippen LogP contribution in [0.2, 0.25) is 0 Å². The molecule has 2 aromatic carbocycles. The molecule has 4 bridgehead atoms. The quantitative estimate of drug-likeness (QED) is 0.186. The number of phenols is 2. The first kappa shape index (κ1) is 36.8. The van der Waals surface area contributed by atoms with Crippen LogP contribution < -0.4 is 10.6 Å². The Hall–Kier alpha value is -2.12. The second kappa shape index (κ2) is 13.3. The molecule has 6 heteroatoms. The number of fused-ring (bicyclic) bond motifs is 6. The molecule has 4 heterocycles. The van der Waals surface area contributed by atoms with Gasteiger partial charge in [-0.05, 0) is 176 Å². The van der Waals surface area contributed by atoms with E-state index in [0.717, 1.165) is 45.1 Å². The minimum atomic E-state index is -0.236. The molecular formula is C46H68N2O4. The summed E-state index contributed by atoms with van der Waals surface area (Å²) in [6, 6.07) is 13.2. The highest BCUT2D eigenvalue weighted by Gasteiger charge is 2.55. The summed E-state index contributed by atoms with van der Waals surface area (Å²) in [4.78, 5) is 0. The van der Waals surface area contributed by atoms with Gasteiger partial charge in [0.2, 0.25) is 0 Å². The molecule has 6 aliphatic rings. The zero-order valence-electron chi connectivity index (χ0n) is 33.2. The number of hydrogen-bond donors (Lipinski definition) is 4. The van der Waals surface area contributed by atoms with E-state index in [1.807, 2.05) is 12.1 Å². The van der Waals surface area contributed by atoms with E-state index in [1.165, 1.54) is 86.5 Å². The van der Waals surface area contributed by atoms with Gasteiger partial charge < -0.3 is 30.3 Å². The van der Waals surface area contributed by atoms with Crippen LogP contribution in [-0.2, 0) is 33.1 Å². The van der Waals surface area contributed by atoms with Crippen LogP contribution in [-0.4, -0.2) is 57.8 Å². The number of nitrogens with one attached hydrogen (secondary N) is 2. The van der Waals surface area contributed by atoms with Crippen LogP contribution in [0, 0.1) is 11.8 Å². The summed E-state index contributed by atoms with van der Waals surface area (Å²) < 4.78 is 13.4. The number of piperidine rings is 2. The highest BCUT2D eigenvalue weighted by atomic mass is 16.5. The average Bonchev–Trinajstić information content (AvgIpc) is 3.34. The summed E-state index contributed by atoms with van der Waals surface area (Å²) in [5.74, 6) is 2.14. The minimum Gasteiger partial charge on any atom is -0.508 e. The lowest BCUT2D eigenvalue weighted by Crippen LogP contribution is -2.65. The Morgan fingerprint density at radius 1 is 0.635 bits per heavy atom. The predicted molar refractivity (Wildman–Crippen MR) is 209 cm³/mol. The second-order valence-electron chi connectivity index (χ2n) is 20.3. The van der Waals surface area contributed by atoms with E-state index in [4.69, 9.17) is 9.47 Å². The van der Waals surface area contributed by atoms with Gasteiger partial charge in [0.05, 0.1) is 17.8 Å². The fourth-order valence-electron chi connectivity index (χ4n) is 12.5. The van der Waals surface area contributed by atoms with Crippen molar-refractivity contribution in [1.82, 2.24) is 10.6 Å². The van der Waals surface area contributed by atoms with E-state index in [-0.39, 0.29) is 33.1 Å². The number of rotatable bonds is 11. The molecule has 2 aromatic rings. The fraction of sp³-hybridized carbons (Fsp3) is 0.739. The summed E-state index contributed by atoms with van der Waals surface area (Å²) in [7, 11) is 0. The van der Waals surface area contributed by atoms with Crippen molar-refractivity contribution in [3.05, 3.63) is 58.7 Å². The first-order valence-corrected chi connectivity index (χ1v) is 21.1. The molecule has 0 spiro atoms. The van der Waals surface area contributed by atoms with E-state index in [9.17, 15) is 10.2 Å². The van der Waals surface area contributed by atoms with Crippen molar-refractivity contribution in [3.63, 3.8) is 0 Å². The lowest BCUT2D eigenvalue weighted by molar-refractivity contribution is -0.0823. The zero-order chi connectivity index (χ0) is 36.6. The summed E-state index contributed by atoms with van der Waals surface area (Å²) in [6.07, 6.45) is 18.7. The molecule has 2 unspecified atom stereocenters. The molecule has 4 saturated heterocycles. The largest absolute Gasteiger partial charge is 0.508 e. The van der Waals surface area contributed by atoms with E-state index >= 15 is 0 Å². The Morgan fingerprint density at radius 3 is 1.87 bits per heavy atom. The molecule has 4 fully saturated rings. The van der Waals surface area contributed by atoms with Gasteiger partial charge in [-0.3, -0.25) is 0 Å². The van der Waals surface area contributed by atoms with Crippen molar-refractivity contribution in [2.45, 2.75) is 189 Å². The van der Waals surface area contributed by atoms with Crippen LogP contribution >= 0.6 is 0 Å². The van der Waals surface area contributed by atoms with Gasteiger partial charge in [-0.2, -0.15) is 0 Å². The Morgan fingerprint density at radius 2 is 1.19 bits per heavy atom. The third-order valence-corrected chi connectivity index (χ3v) is 15.8. The summed E-state index contributed by atoms with van der Waals surface area (Å²) >= 11 is 0. The van der Waals surface area contributed by atoms with Crippen LogP contribution in [0.5, 0.6) is 11.5 Å². The fourth-order valence-corrected chi connectivity index (χ4v) is 12.5. The van der Waals surface area contributed by atoms with Gasteiger partial charge >= 0.3 is 0 Å². The van der Waals surface area contributed by atoms with Gasteiger partial charge in [0.1, 0.15) is 11.5 Å². The Balaban J connectivity index is 0.825. The first-order valence-electron chi connectivity index (χ1n) is 21.1. The van der Waals surface area contributed by atoms with Gasteiger partial charge in [-0.25, -0.2) is 0 Å². The van der Waals surface area contributed by atoms with Crippen molar-refractivity contribution < 1.29 is 19.7 Å². The number of hydrogen-bond acceptors (Lipinski definition) is 6. The van der Waals surface area contributed by atoms with Gasteiger partial charge in [0.25, 0.3) is 0 Å². The summed E-state index contributed by atoms with van der Waals surface area (Å²) in [5, 5.41) is 29.3. The molecule has 286 valence electrons. The minimum absolute atomic E-state index is 0.0717. The lowest BCUT2D eigenvalue weighted by atomic mass is 9.58. The molecule has 0 amide bonds. The average molecular weight is 713 g/mol. The summed E-state index contributed by atoms with van der Waals surface area (Å²) in [5.41, 5.74) is 5.71. The van der Waals surface area contributed by atoms with Crippen LogP contribution in [0.15, 0.2) is 36.4 Å². The van der Waals surface area contributed by atoms with Crippen molar-refractivity contribution in [1.29, 1.82) is 0 Å². The van der Waals surface area contributed by atoms with Crippen LogP contribution in [0.4, 0.5) is 0 Å². The molecule has 8 rings (SSSR count). The Bertz CT molecular complexity index is 1640. The van der Waals surface area contributed by atoms with Gasteiger partial charge in [0, 0.05) is 40.6 Å². The molecular weight excluding hydrogens is 645 g/mol. The topological polar surface area (TPSA) is 83.0 Å². The SMILES string of the molecule is CC(C)(CCOC(C)(C)CCC12CCC[C@H]3Cc4ccc(O)cc4[C@@](C)(CC1)[C@H]3N2)OCCC12CCC[C@]3(C)c4cc(O)ccc4C[C@H](CC1)[C@@H]3N2. The molecule has 4 N–H and O–H groups in total. The van der Waals surface area contributed by atoms with Gasteiger partial charge in [-0.15, -0.1) is 0 Å². The third-order valence-electron chi connectivity index (χ3n) is 15.8. The molecule has 2 aliphatic carbocycles. The van der Waals surface area contributed by atoms with E-state index in [1.54, 1.807) is 0 Å². The molecule has 0 radical (unpaired) electrons. The normalized spacial score (nSPS) is 36.7. The molecule has 8 atom stereocenters. The first-order chi connectivity index (χ1) is 24.6. The van der Waals surface area contributed by atoms with Crippen LogP contribution in [0.25, 0.3) is 0 Å². The van der Waals surface area contributed by atoms with Crippen molar-refractivity contribution in [2.24, 2.45) is 11.8 Å². The number of ether oxygens (including phenoxy) is 2. The standard InChI is InChI=1S/C46H68N2O4/c1-41(2,19-21-46-16-7-9-33-27-31-10-12-36(50)30-38(31)44(6,20-22-46)39(33)48-46)51-25-23-42(3,4)52-26-24-45-17-8-15-43(5)37-29-35(49)13-11-32(37)28-34(14-18-45)40(43)47-45/h10-13,29-30,33-34,39-40,47-50H,7-9,14-28H2,1-6H3/t33-,34-,39-,40-,43+,44+,45?,46?/m0/s1. The van der Waals surface area contributed by atoms with Gasteiger partial charge in [0.15, 0.2) is 0 Å². The Labute approximate surface area is 314 Å². The highest BCUT2D eigenvalue weighted by Crippen LogP contribution is 2.54. The zero-order valence-corrected chi connectivity index (χ0v) is 33.2. The maximum absolute atomic E-state index is 10.4. The van der Waals surface area contributed by atoms with Crippen molar-refractivity contribution in [2.75, 3.05) is 13.2 Å². The highest BCUT2D eigenvalue weighted by molar-refractivity contribution is 5.46. The molecule has 52 heavy (non-hydrogen) atoms. The molecule has 0 aromatic heterocycles. The molecule has 4 aliphatic heterocycles. The number of benzene rings is 2. The van der Waals surface area contributed by atoms with E-state index in [0.29, 0.717) is 42.0 Å². The maximum atomic E-state index is 10.4. The van der Waals surface area contributed by atoms with Crippen LogP contribution in [0.3, 0.4) is 0 Å². The lowest BCUT2D eigenvalue weighted by Gasteiger charge is -2.55. The van der Waals surface area contributed by atoms with Crippen molar-refractivity contribution >= 4 is 0 Å². The molecule has 6 nitrogen and oxygen atoms in total. The second-order valence-corrected chi connectivity index (χ2v) is 20.3. The molecule has 0 saturated carbocycles. The predicted octanol–water partition coefficient (Wildman–Crippen LogP) is 9.16. The summed E-state index contributed by atoms with van der Waals surface area (Å²) in [6.45, 7) is 15.4. The number of aromatic hydroxyl groups is 2. The Kier molecular flexibility index (Phi) is 9.40. The third kappa shape index (κ3) is 6.75. The van der Waals surface area contributed by atoms with E-state index < -0.39 is 0 Å². The maximum Gasteiger partial charge on any atom is 0.115 e. The van der Waals surface area contributed by atoms with Gasteiger partial charge in [-0.1, -0.05) is 38.8 Å². The monoisotopic (exact) mass is 713 g/mol. The smallest absolute Gasteiger partial charge is 0.115 e. The van der Waals surface area contributed by atoms with E-state index in [2.05, 4.69) is 76.4 Å². The number of phenolic OH excluding ortho intramolecular Hbond substituents is 2. The van der Waals surface area contributed by atoms with Crippen molar-refractivity contribution in [3.8, 4) is 11.5 Å². The van der Waals surface area contributed by atoms with Crippen LogP contribution in [0.1, 0.15) is 154 Å².